The van der Waals surface area contributed by atoms with E-state index in [0.717, 1.165) is 11.3 Å². The van der Waals surface area contributed by atoms with Crippen LogP contribution in [0, 0.1) is 5.92 Å². The van der Waals surface area contributed by atoms with Crippen molar-refractivity contribution in [2.45, 2.75) is 44.9 Å². The third kappa shape index (κ3) is 6.10. The number of amides is 2. The molecule has 0 aromatic heterocycles. The highest BCUT2D eigenvalue weighted by Gasteiger charge is 2.39. The highest BCUT2D eigenvalue weighted by molar-refractivity contribution is 5.84. The maximum atomic E-state index is 13.1. The van der Waals surface area contributed by atoms with E-state index in [0.29, 0.717) is 32.5 Å². The Morgan fingerprint density at radius 3 is 2.31 bits per heavy atom. The molecule has 0 saturated carbocycles. The maximum absolute atomic E-state index is 13.1. The number of hydrogen-bond acceptors (Lipinski definition) is 4. The summed E-state index contributed by atoms with van der Waals surface area (Å²) in [4.78, 5) is 29.6. The average molecular weight is 439 g/mol. The van der Waals surface area contributed by atoms with Crippen molar-refractivity contribution in [2.75, 3.05) is 27.2 Å². The molecule has 0 bridgehead atoms. The number of carbonyl (C=O) groups excluding carboxylic acids is 2. The predicted molar refractivity (Wildman–Crippen MR) is 124 cm³/mol. The largest absolute Gasteiger partial charge is 0.490 e. The number of piperidine rings is 1. The van der Waals surface area contributed by atoms with E-state index in [1.807, 2.05) is 72.6 Å². The van der Waals surface area contributed by atoms with Crippen LogP contribution in [-0.2, 0) is 20.9 Å². The molecule has 3 rings (SSSR count). The standard InChI is InChI=1S/C26H34N2O4/c1-26(2,31-4)25(30)28-16-15-23(32-22-13-9-6-10-14-22)21(19-28)17-24(29)27(3)18-20-11-7-5-8-12-20/h5-14,21,23H,15-19H2,1-4H3/t21-,23-/m0/s1. The Morgan fingerprint density at radius 2 is 1.69 bits per heavy atom. The van der Waals surface area contributed by atoms with E-state index in [4.69, 9.17) is 9.47 Å². The number of para-hydroxylation sites is 1. The van der Waals surface area contributed by atoms with E-state index >= 15 is 0 Å². The van der Waals surface area contributed by atoms with Crippen molar-refractivity contribution in [1.82, 2.24) is 9.80 Å². The Balaban J connectivity index is 1.72. The van der Waals surface area contributed by atoms with Gasteiger partial charge in [0, 0.05) is 52.6 Å². The fourth-order valence-electron chi connectivity index (χ4n) is 4.01. The molecule has 6 nitrogen and oxygen atoms in total. The first-order valence-electron chi connectivity index (χ1n) is 11.1. The van der Waals surface area contributed by atoms with Gasteiger partial charge in [-0.05, 0) is 31.5 Å². The lowest BCUT2D eigenvalue weighted by molar-refractivity contribution is -0.155. The number of methoxy groups -OCH3 is 1. The first-order chi connectivity index (χ1) is 15.3. The predicted octanol–water partition coefficient (Wildman–Crippen LogP) is 3.76. The van der Waals surface area contributed by atoms with Gasteiger partial charge >= 0.3 is 0 Å². The summed E-state index contributed by atoms with van der Waals surface area (Å²) in [5.41, 5.74) is 0.189. The number of benzene rings is 2. The fraction of sp³-hybridized carbons (Fsp3) is 0.462. The smallest absolute Gasteiger partial charge is 0.254 e. The van der Waals surface area contributed by atoms with Crippen LogP contribution >= 0.6 is 0 Å². The van der Waals surface area contributed by atoms with Crippen LogP contribution in [0.4, 0.5) is 0 Å². The Bertz CT molecular complexity index is 885. The minimum absolute atomic E-state index is 0.0424. The molecule has 0 unspecified atom stereocenters. The van der Waals surface area contributed by atoms with Crippen molar-refractivity contribution >= 4 is 11.8 Å². The molecule has 1 saturated heterocycles. The van der Waals surface area contributed by atoms with Crippen LogP contribution in [0.2, 0.25) is 0 Å². The van der Waals surface area contributed by atoms with Crippen molar-refractivity contribution in [3.05, 3.63) is 66.2 Å². The second-order valence-electron chi connectivity index (χ2n) is 8.92. The zero-order chi connectivity index (χ0) is 23.1. The summed E-state index contributed by atoms with van der Waals surface area (Å²) in [6, 6.07) is 19.6. The van der Waals surface area contributed by atoms with Crippen molar-refractivity contribution in [2.24, 2.45) is 5.92 Å². The van der Waals surface area contributed by atoms with Crippen LogP contribution in [-0.4, -0.2) is 60.6 Å². The van der Waals surface area contributed by atoms with Crippen molar-refractivity contribution in [3.8, 4) is 5.75 Å². The summed E-state index contributed by atoms with van der Waals surface area (Å²) in [6.07, 6.45) is 0.847. The van der Waals surface area contributed by atoms with Crippen LogP contribution < -0.4 is 4.74 Å². The van der Waals surface area contributed by atoms with E-state index in [1.54, 1.807) is 25.9 Å². The SMILES string of the molecule is COC(C)(C)C(=O)N1CC[C@H](Oc2ccccc2)[C@@H](CC(=O)N(C)Cc2ccccc2)C1. The zero-order valence-electron chi connectivity index (χ0n) is 19.5. The lowest BCUT2D eigenvalue weighted by atomic mass is 9.89. The maximum Gasteiger partial charge on any atom is 0.254 e. The Hall–Kier alpha value is -2.86. The normalized spacial score (nSPS) is 18.8. The molecule has 2 amide bonds. The molecule has 0 spiro atoms. The van der Waals surface area contributed by atoms with E-state index in [-0.39, 0.29) is 23.8 Å². The molecular weight excluding hydrogens is 404 g/mol. The summed E-state index contributed by atoms with van der Waals surface area (Å²) in [7, 11) is 3.37. The lowest BCUT2D eigenvalue weighted by Crippen LogP contribution is -2.54. The molecule has 1 fully saturated rings. The van der Waals surface area contributed by atoms with Gasteiger partial charge in [-0.3, -0.25) is 9.59 Å². The van der Waals surface area contributed by atoms with Crippen molar-refractivity contribution in [3.63, 3.8) is 0 Å². The molecule has 0 aliphatic carbocycles. The van der Waals surface area contributed by atoms with Crippen LogP contribution in [0.3, 0.4) is 0 Å². The van der Waals surface area contributed by atoms with Gasteiger partial charge in [0.2, 0.25) is 5.91 Å². The number of carbonyl (C=O) groups is 2. The Labute approximate surface area is 191 Å². The molecule has 1 aliphatic heterocycles. The lowest BCUT2D eigenvalue weighted by Gasteiger charge is -2.41. The number of hydrogen-bond donors (Lipinski definition) is 0. The van der Waals surface area contributed by atoms with E-state index in [2.05, 4.69) is 0 Å². The number of ether oxygens (including phenoxy) is 2. The topological polar surface area (TPSA) is 59.1 Å². The van der Waals surface area contributed by atoms with Gasteiger partial charge in [0.1, 0.15) is 17.5 Å². The quantitative estimate of drug-likeness (QED) is 0.630. The minimum atomic E-state index is -0.897. The fourth-order valence-corrected chi connectivity index (χ4v) is 4.01. The summed E-state index contributed by atoms with van der Waals surface area (Å²) in [5.74, 6) is 0.657. The summed E-state index contributed by atoms with van der Waals surface area (Å²) >= 11 is 0. The molecular formula is C26H34N2O4. The van der Waals surface area contributed by atoms with Gasteiger partial charge < -0.3 is 19.3 Å². The van der Waals surface area contributed by atoms with Crippen molar-refractivity contribution < 1.29 is 19.1 Å². The van der Waals surface area contributed by atoms with Gasteiger partial charge in [0.25, 0.3) is 5.91 Å². The monoisotopic (exact) mass is 438 g/mol. The van der Waals surface area contributed by atoms with E-state index < -0.39 is 5.60 Å². The average Bonchev–Trinajstić information content (AvgIpc) is 2.81. The third-order valence-electron chi connectivity index (χ3n) is 6.13. The van der Waals surface area contributed by atoms with Gasteiger partial charge in [-0.15, -0.1) is 0 Å². The van der Waals surface area contributed by atoms with Crippen LogP contribution in [0.1, 0.15) is 32.3 Å². The van der Waals surface area contributed by atoms with E-state index in [1.165, 1.54) is 0 Å². The molecule has 32 heavy (non-hydrogen) atoms. The summed E-state index contributed by atoms with van der Waals surface area (Å²) < 4.78 is 11.7. The minimum Gasteiger partial charge on any atom is -0.490 e. The Kier molecular flexibility index (Phi) is 7.91. The second kappa shape index (κ2) is 10.6. The van der Waals surface area contributed by atoms with Crippen LogP contribution in [0.25, 0.3) is 0 Å². The zero-order valence-corrected chi connectivity index (χ0v) is 19.5. The first kappa shape index (κ1) is 23.8. The molecule has 2 atom stereocenters. The molecule has 2 aromatic carbocycles. The summed E-state index contributed by atoms with van der Waals surface area (Å²) in [5, 5.41) is 0. The molecule has 2 aromatic rings. The number of likely N-dealkylation sites (tertiary alicyclic amines) is 1. The highest BCUT2D eigenvalue weighted by atomic mass is 16.5. The third-order valence-corrected chi connectivity index (χ3v) is 6.13. The van der Waals surface area contributed by atoms with Gasteiger partial charge in [-0.2, -0.15) is 0 Å². The van der Waals surface area contributed by atoms with Gasteiger partial charge in [-0.25, -0.2) is 0 Å². The van der Waals surface area contributed by atoms with Crippen LogP contribution in [0.5, 0.6) is 5.75 Å². The first-order valence-corrected chi connectivity index (χ1v) is 11.1. The summed E-state index contributed by atoms with van der Waals surface area (Å²) in [6.45, 7) is 5.14. The second-order valence-corrected chi connectivity index (χ2v) is 8.92. The molecule has 1 aliphatic rings. The molecule has 0 radical (unpaired) electrons. The number of nitrogens with zero attached hydrogens (tertiary/aromatic N) is 2. The molecule has 6 heteroatoms. The number of rotatable bonds is 8. The van der Waals surface area contributed by atoms with Gasteiger partial charge in [0.15, 0.2) is 0 Å². The van der Waals surface area contributed by atoms with E-state index in [9.17, 15) is 9.59 Å². The molecule has 1 heterocycles. The van der Waals surface area contributed by atoms with Crippen molar-refractivity contribution in [1.29, 1.82) is 0 Å². The Morgan fingerprint density at radius 1 is 1.06 bits per heavy atom. The highest BCUT2D eigenvalue weighted by Crippen LogP contribution is 2.28. The van der Waals surface area contributed by atoms with Gasteiger partial charge in [-0.1, -0.05) is 48.5 Å². The van der Waals surface area contributed by atoms with Gasteiger partial charge in [0.05, 0.1) is 0 Å². The van der Waals surface area contributed by atoms with Crippen LogP contribution in [0.15, 0.2) is 60.7 Å². The molecule has 172 valence electrons. The molecule has 0 N–H and O–H groups in total.